The monoisotopic (exact) mass is 312 g/mol. The summed E-state index contributed by atoms with van der Waals surface area (Å²) in [6.45, 7) is 5.82. The van der Waals surface area contributed by atoms with Gasteiger partial charge in [-0.3, -0.25) is 0 Å². The summed E-state index contributed by atoms with van der Waals surface area (Å²) < 4.78 is 6.49. The molecule has 0 aromatic rings. The standard InChI is InChI=1S/C20H42NO/c1-4-5-6-7-8-9-10-11-12-13-14-15-16-17-21(2,3)18-20-19-22-20/h20H,4-19H2,1-3H3/q+1. The van der Waals surface area contributed by atoms with Crippen LogP contribution in [0.5, 0.6) is 0 Å². The number of nitrogens with zero attached hydrogens (tertiary/aromatic N) is 1. The summed E-state index contributed by atoms with van der Waals surface area (Å²) in [5, 5.41) is 0. The molecular weight excluding hydrogens is 270 g/mol. The second-order valence-electron chi connectivity index (χ2n) is 8.04. The van der Waals surface area contributed by atoms with Gasteiger partial charge in [-0.25, -0.2) is 0 Å². The maximum absolute atomic E-state index is 5.35. The number of ether oxygens (including phenoxy) is 1. The summed E-state index contributed by atoms with van der Waals surface area (Å²) in [6, 6.07) is 0. The Hall–Kier alpha value is -0.0800. The molecule has 0 radical (unpaired) electrons. The molecule has 1 atom stereocenters. The van der Waals surface area contributed by atoms with Crippen molar-refractivity contribution < 1.29 is 9.22 Å². The van der Waals surface area contributed by atoms with E-state index in [2.05, 4.69) is 21.0 Å². The molecule has 0 bridgehead atoms. The summed E-state index contributed by atoms with van der Waals surface area (Å²) in [5.74, 6) is 0. The van der Waals surface area contributed by atoms with Crippen molar-refractivity contribution in [2.45, 2.75) is 96.5 Å². The molecule has 0 saturated carbocycles. The van der Waals surface area contributed by atoms with Gasteiger partial charge >= 0.3 is 0 Å². The molecule has 1 aliphatic heterocycles. The molecular formula is C20H42NO+. The van der Waals surface area contributed by atoms with Crippen LogP contribution in [0.15, 0.2) is 0 Å². The van der Waals surface area contributed by atoms with Gasteiger partial charge < -0.3 is 9.22 Å². The molecule has 1 aliphatic rings. The molecule has 2 heteroatoms. The van der Waals surface area contributed by atoms with Crippen LogP contribution in [0.25, 0.3) is 0 Å². The van der Waals surface area contributed by atoms with Gasteiger partial charge in [-0.1, -0.05) is 77.6 Å². The fourth-order valence-corrected chi connectivity index (χ4v) is 3.37. The van der Waals surface area contributed by atoms with E-state index in [0.717, 1.165) is 11.1 Å². The van der Waals surface area contributed by atoms with Gasteiger partial charge in [0, 0.05) is 0 Å². The van der Waals surface area contributed by atoms with Gasteiger partial charge in [-0.15, -0.1) is 0 Å². The van der Waals surface area contributed by atoms with Crippen molar-refractivity contribution in [2.24, 2.45) is 0 Å². The first-order chi connectivity index (χ1) is 10.6. The van der Waals surface area contributed by atoms with Gasteiger partial charge in [0.2, 0.25) is 0 Å². The minimum absolute atomic E-state index is 0.567. The zero-order valence-electron chi connectivity index (χ0n) is 15.7. The Kier molecular flexibility index (Phi) is 11.2. The van der Waals surface area contributed by atoms with Crippen molar-refractivity contribution in [3.8, 4) is 0 Å². The fraction of sp³-hybridized carbons (Fsp3) is 1.00. The molecule has 1 rings (SSSR count). The van der Waals surface area contributed by atoms with Gasteiger partial charge in [0.1, 0.15) is 12.6 Å². The molecule has 0 aromatic carbocycles. The first-order valence-electron chi connectivity index (χ1n) is 10.1. The maximum Gasteiger partial charge on any atom is 0.130 e. The lowest BCUT2D eigenvalue weighted by molar-refractivity contribution is -0.891. The Balaban J connectivity index is 1.74. The number of quaternary nitrogens is 1. The Morgan fingerprint density at radius 2 is 1.14 bits per heavy atom. The van der Waals surface area contributed by atoms with Crippen molar-refractivity contribution in [1.29, 1.82) is 0 Å². The minimum atomic E-state index is 0.567. The normalized spacial score (nSPS) is 17.9. The molecule has 1 heterocycles. The highest BCUT2D eigenvalue weighted by atomic mass is 16.6. The largest absolute Gasteiger partial charge is 0.367 e. The lowest BCUT2D eigenvalue weighted by atomic mass is 10.0. The van der Waals surface area contributed by atoms with Crippen LogP contribution in [0, 0.1) is 0 Å². The molecule has 0 aliphatic carbocycles. The van der Waals surface area contributed by atoms with Gasteiger partial charge in [-0.05, 0) is 12.8 Å². The van der Waals surface area contributed by atoms with Crippen LogP contribution in [0.1, 0.15) is 90.4 Å². The molecule has 132 valence electrons. The lowest BCUT2D eigenvalue weighted by Gasteiger charge is -2.29. The lowest BCUT2D eigenvalue weighted by Crippen LogP contribution is -2.43. The fourth-order valence-electron chi connectivity index (χ4n) is 3.37. The van der Waals surface area contributed by atoms with Crippen LogP contribution in [-0.2, 0) is 4.74 Å². The van der Waals surface area contributed by atoms with E-state index >= 15 is 0 Å². The Morgan fingerprint density at radius 1 is 0.727 bits per heavy atom. The first kappa shape index (κ1) is 20.0. The van der Waals surface area contributed by atoms with Crippen molar-refractivity contribution >= 4 is 0 Å². The van der Waals surface area contributed by atoms with E-state index < -0.39 is 0 Å². The van der Waals surface area contributed by atoms with E-state index in [1.54, 1.807) is 0 Å². The molecule has 1 fully saturated rings. The number of likely N-dealkylation sites (N-methyl/N-ethyl adjacent to an activating group) is 1. The summed E-state index contributed by atoms with van der Waals surface area (Å²) in [7, 11) is 4.70. The third kappa shape index (κ3) is 12.5. The number of epoxide rings is 1. The van der Waals surface area contributed by atoms with E-state index in [9.17, 15) is 0 Å². The molecule has 0 spiro atoms. The van der Waals surface area contributed by atoms with Gasteiger partial charge in [0.05, 0.1) is 27.2 Å². The van der Waals surface area contributed by atoms with Gasteiger partial charge in [0.15, 0.2) is 0 Å². The zero-order valence-corrected chi connectivity index (χ0v) is 15.7. The van der Waals surface area contributed by atoms with Crippen molar-refractivity contribution in [3.05, 3.63) is 0 Å². The smallest absolute Gasteiger partial charge is 0.130 e. The van der Waals surface area contributed by atoms with Gasteiger partial charge in [0.25, 0.3) is 0 Å². The third-order valence-electron chi connectivity index (χ3n) is 4.97. The SMILES string of the molecule is CCCCCCCCCCCCCCC[N+](C)(C)CC1CO1. The number of rotatable bonds is 16. The van der Waals surface area contributed by atoms with Crippen molar-refractivity contribution in [1.82, 2.24) is 0 Å². The van der Waals surface area contributed by atoms with Crippen LogP contribution in [-0.4, -0.2) is 44.4 Å². The highest BCUT2D eigenvalue weighted by Gasteiger charge is 2.30. The van der Waals surface area contributed by atoms with E-state index in [4.69, 9.17) is 4.74 Å². The summed E-state index contributed by atoms with van der Waals surface area (Å²) in [4.78, 5) is 0. The molecule has 0 N–H and O–H groups in total. The van der Waals surface area contributed by atoms with E-state index in [1.807, 2.05) is 0 Å². The topological polar surface area (TPSA) is 12.5 Å². The molecule has 0 aromatic heterocycles. The van der Waals surface area contributed by atoms with Crippen LogP contribution in [0.2, 0.25) is 0 Å². The molecule has 0 amide bonds. The second kappa shape index (κ2) is 12.4. The average molecular weight is 313 g/mol. The summed E-state index contributed by atoms with van der Waals surface area (Å²) in [5.41, 5.74) is 0. The highest BCUT2D eigenvalue weighted by molar-refractivity contribution is 4.67. The van der Waals surface area contributed by atoms with Crippen molar-refractivity contribution in [2.75, 3.05) is 33.8 Å². The predicted molar refractivity (Wildman–Crippen MR) is 97.3 cm³/mol. The third-order valence-corrected chi connectivity index (χ3v) is 4.97. The van der Waals surface area contributed by atoms with E-state index in [0.29, 0.717) is 6.10 Å². The molecule has 22 heavy (non-hydrogen) atoms. The van der Waals surface area contributed by atoms with Crippen molar-refractivity contribution in [3.63, 3.8) is 0 Å². The Morgan fingerprint density at radius 3 is 1.55 bits per heavy atom. The van der Waals surface area contributed by atoms with Crippen LogP contribution in [0.4, 0.5) is 0 Å². The van der Waals surface area contributed by atoms with Crippen LogP contribution in [0.3, 0.4) is 0 Å². The van der Waals surface area contributed by atoms with E-state index in [-0.39, 0.29) is 0 Å². The molecule has 2 nitrogen and oxygen atoms in total. The summed E-state index contributed by atoms with van der Waals surface area (Å²) in [6.07, 6.45) is 19.3. The van der Waals surface area contributed by atoms with E-state index in [1.165, 1.54) is 96.6 Å². The Labute approximate surface area is 140 Å². The van der Waals surface area contributed by atoms with Gasteiger partial charge in [-0.2, -0.15) is 0 Å². The maximum atomic E-state index is 5.35. The second-order valence-corrected chi connectivity index (χ2v) is 8.04. The van der Waals surface area contributed by atoms with Crippen LogP contribution < -0.4 is 0 Å². The number of hydrogen-bond acceptors (Lipinski definition) is 1. The number of unbranched alkanes of at least 4 members (excludes halogenated alkanes) is 12. The molecule has 1 unspecified atom stereocenters. The predicted octanol–water partition coefficient (Wildman–Crippen LogP) is 5.55. The minimum Gasteiger partial charge on any atom is -0.367 e. The van der Waals surface area contributed by atoms with Crippen LogP contribution >= 0.6 is 0 Å². The average Bonchev–Trinajstić information content (AvgIpc) is 3.27. The Bertz CT molecular complexity index is 248. The molecule has 1 saturated heterocycles. The number of hydrogen-bond donors (Lipinski definition) is 0. The zero-order chi connectivity index (χ0) is 16.1. The highest BCUT2D eigenvalue weighted by Crippen LogP contribution is 2.16. The summed E-state index contributed by atoms with van der Waals surface area (Å²) >= 11 is 0. The first-order valence-corrected chi connectivity index (χ1v) is 10.1. The quantitative estimate of drug-likeness (QED) is 0.207.